The largest absolute Gasteiger partial charge is 0.481 e. The van der Waals surface area contributed by atoms with E-state index in [9.17, 15) is 37.5 Å². The summed E-state index contributed by atoms with van der Waals surface area (Å²) in [5, 5.41) is 14.7. The summed E-state index contributed by atoms with van der Waals surface area (Å²) >= 11 is 0. The molecule has 4 atom stereocenters. The lowest BCUT2D eigenvalue weighted by Gasteiger charge is -2.44. The molecule has 0 radical (unpaired) electrons. The minimum Gasteiger partial charge on any atom is -0.481 e. The van der Waals surface area contributed by atoms with E-state index in [1.54, 1.807) is 6.92 Å². The van der Waals surface area contributed by atoms with E-state index < -0.39 is 63.6 Å². The van der Waals surface area contributed by atoms with Gasteiger partial charge in [0.1, 0.15) is 0 Å². The topological polar surface area (TPSA) is 167 Å². The Labute approximate surface area is 247 Å². The number of aryl methyl sites for hydroxylation is 1. The fourth-order valence-electron chi connectivity index (χ4n) is 6.62. The molecule has 2 amide bonds. The SMILES string of the molecule is CCC(CC(=O)NCCCc1ccccc1)C(=O)NC(CC(=O)O)C(=O)CN(C12CCC(CC1=O)C2(C)C)S(C)(=O)=O. The average Bonchev–Trinajstić information content (AvgIpc) is 3.27. The van der Waals surface area contributed by atoms with E-state index in [4.69, 9.17) is 0 Å². The number of fused-ring (bicyclic) bond motifs is 2. The Morgan fingerprint density at radius 1 is 1.12 bits per heavy atom. The van der Waals surface area contributed by atoms with E-state index in [1.807, 2.05) is 44.2 Å². The minimum absolute atomic E-state index is 0.0198. The highest BCUT2D eigenvalue weighted by molar-refractivity contribution is 7.88. The van der Waals surface area contributed by atoms with Crippen LogP contribution in [0.2, 0.25) is 0 Å². The van der Waals surface area contributed by atoms with Crippen LogP contribution in [0, 0.1) is 17.3 Å². The molecule has 232 valence electrons. The van der Waals surface area contributed by atoms with E-state index >= 15 is 0 Å². The summed E-state index contributed by atoms with van der Waals surface area (Å²) in [6.07, 6.45) is 2.91. The number of rotatable bonds is 16. The Morgan fingerprint density at radius 3 is 2.31 bits per heavy atom. The van der Waals surface area contributed by atoms with Gasteiger partial charge in [-0.05, 0) is 49.0 Å². The number of amides is 2. The first-order chi connectivity index (χ1) is 19.6. The van der Waals surface area contributed by atoms with E-state index in [0.717, 1.165) is 22.5 Å². The molecule has 2 bridgehead atoms. The highest BCUT2D eigenvalue weighted by atomic mass is 32.2. The number of nitrogens with one attached hydrogen (secondary N) is 2. The molecular weight excluding hydrogens is 562 g/mol. The molecule has 3 rings (SSSR count). The van der Waals surface area contributed by atoms with Gasteiger partial charge in [-0.1, -0.05) is 51.1 Å². The van der Waals surface area contributed by atoms with Gasteiger partial charge in [0.25, 0.3) is 0 Å². The number of carboxylic acids is 1. The second kappa shape index (κ2) is 13.5. The fourth-order valence-corrected chi connectivity index (χ4v) is 7.97. The number of ketones is 2. The van der Waals surface area contributed by atoms with Crippen LogP contribution >= 0.6 is 0 Å². The molecule has 2 aliphatic carbocycles. The number of aliphatic carboxylic acids is 1. The molecule has 12 heteroatoms. The molecule has 0 aromatic heterocycles. The highest BCUT2D eigenvalue weighted by Gasteiger charge is 2.68. The molecule has 0 aliphatic heterocycles. The lowest BCUT2D eigenvalue weighted by molar-refractivity contribution is -0.141. The molecule has 3 N–H and O–H groups in total. The van der Waals surface area contributed by atoms with Crippen molar-refractivity contribution in [3.8, 4) is 0 Å². The van der Waals surface area contributed by atoms with Crippen molar-refractivity contribution in [1.82, 2.24) is 14.9 Å². The van der Waals surface area contributed by atoms with Crippen LogP contribution in [0.4, 0.5) is 0 Å². The Kier molecular flexibility index (Phi) is 10.7. The van der Waals surface area contributed by atoms with Crippen LogP contribution in [-0.4, -0.2) is 78.1 Å². The molecular formula is C30H43N3O8S. The van der Waals surface area contributed by atoms with Crippen LogP contribution in [0.25, 0.3) is 0 Å². The van der Waals surface area contributed by atoms with Gasteiger partial charge in [-0.2, -0.15) is 4.31 Å². The van der Waals surface area contributed by atoms with Gasteiger partial charge in [0, 0.05) is 25.3 Å². The number of nitrogens with zero attached hydrogens (tertiary/aromatic N) is 1. The molecule has 2 aliphatic rings. The predicted octanol–water partition coefficient (Wildman–Crippen LogP) is 2.09. The Morgan fingerprint density at radius 2 is 1.79 bits per heavy atom. The summed E-state index contributed by atoms with van der Waals surface area (Å²) in [6, 6.07) is 8.28. The van der Waals surface area contributed by atoms with Gasteiger partial charge >= 0.3 is 5.97 Å². The smallest absolute Gasteiger partial charge is 0.305 e. The Balaban J connectivity index is 1.66. The van der Waals surface area contributed by atoms with Crippen molar-refractivity contribution in [2.75, 3.05) is 19.3 Å². The molecule has 4 unspecified atom stereocenters. The molecule has 0 saturated heterocycles. The van der Waals surface area contributed by atoms with Gasteiger partial charge in [-0.15, -0.1) is 0 Å². The van der Waals surface area contributed by atoms with E-state index in [-0.39, 0.29) is 43.3 Å². The lowest BCUT2D eigenvalue weighted by Crippen LogP contribution is -2.62. The first kappa shape index (κ1) is 33.4. The number of Topliss-reactive ketones (excluding diaryl/α,β-unsaturated/α-hetero) is 2. The van der Waals surface area contributed by atoms with Crippen LogP contribution in [0.5, 0.6) is 0 Å². The third kappa shape index (κ3) is 7.26. The second-order valence-corrected chi connectivity index (χ2v) is 14.0. The summed E-state index contributed by atoms with van der Waals surface area (Å²) in [7, 11) is -4.07. The summed E-state index contributed by atoms with van der Waals surface area (Å²) in [5.41, 5.74) is -0.960. The maximum Gasteiger partial charge on any atom is 0.305 e. The second-order valence-electron chi connectivity index (χ2n) is 12.1. The molecule has 0 spiro atoms. The molecule has 1 aromatic rings. The van der Waals surface area contributed by atoms with Crippen LogP contribution < -0.4 is 10.6 Å². The number of benzene rings is 1. The zero-order valence-corrected chi connectivity index (χ0v) is 25.7. The molecule has 2 saturated carbocycles. The van der Waals surface area contributed by atoms with E-state index in [0.29, 0.717) is 19.4 Å². The number of hydrogen-bond acceptors (Lipinski definition) is 7. The maximum atomic E-state index is 13.5. The van der Waals surface area contributed by atoms with Gasteiger partial charge in [0.15, 0.2) is 11.6 Å². The predicted molar refractivity (Wildman–Crippen MR) is 156 cm³/mol. The van der Waals surface area contributed by atoms with Crippen molar-refractivity contribution in [3.63, 3.8) is 0 Å². The summed E-state index contributed by atoms with van der Waals surface area (Å²) in [4.78, 5) is 63.9. The summed E-state index contributed by atoms with van der Waals surface area (Å²) in [6.45, 7) is 5.04. The Bertz CT molecular complexity index is 1300. The molecule has 1 aromatic carbocycles. The third-order valence-electron chi connectivity index (χ3n) is 9.15. The van der Waals surface area contributed by atoms with Crippen molar-refractivity contribution in [2.24, 2.45) is 17.3 Å². The van der Waals surface area contributed by atoms with Crippen LogP contribution in [-0.2, 0) is 40.4 Å². The molecule has 2 fully saturated rings. The van der Waals surface area contributed by atoms with Crippen molar-refractivity contribution in [1.29, 1.82) is 0 Å². The van der Waals surface area contributed by atoms with Crippen molar-refractivity contribution >= 4 is 39.4 Å². The van der Waals surface area contributed by atoms with Crippen LogP contribution in [0.3, 0.4) is 0 Å². The van der Waals surface area contributed by atoms with Crippen molar-refractivity contribution < 1.29 is 37.5 Å². The monoisotopic (exact) mass is 605 g/mol. The highest BCUT2D eigenvalue weighted by Crippen LogP contribution is 2.61. The first-order valence-corrected chi connectivity index (χ1v) is 16.3. The van der Waals surface area contributed by atoms with Crippen LogP contribution in [0.15, 0.2) is 30.3 Å². The van der Waals surface area contributed by atoms with Gasteiger partial charge in [-0.25, -0.2) is 8.42 Å². The lowest BCUT2D eigenvalue weighted by atomic mass is 9.75. The van der Waals surface area contributed by atoms with E-state index in [1.165, 1.54) is 0 Å². The fraction of sp³-hybridized carbons (Fsp3) is 0.633. The van der Waals surface area contributed by atoms with Crippen LogP contribution in [0.1, 0.15) is 71.3 Å². The number of hydrogen-bond donors (Lipinski definition) is 3. The van der Waals surface area contributed by atoms with E-state index in [2.05, 4.69) is 10.6 Å². The Hall–Kier alpha value is -3.12. The normalized spacial score (nSPS) is 22.5. The molecule has 11 nitrogen and oxygen atoms in total. The van der Waals surface area contributed by atoms with Gasteiger partial charge in [-0.3, -0.25) is 24.0 Å². The number of carbonyl (C=O) groups excluding carboxylic acids is 4. The quantitative estimate of drug-likeness (QED) is 0.241. The average molecular weight is 606 g/mol. The van der Waals surface area contributed by atoms with Crippen molar-refractivity contribution in [3.05, 3.63) is 35.9 Å². The minimum atomic E-state index is -4.07. The van der Waals surface area contributed by atoms with Gasteiger partial charge in [0.05, 0.1) is 30.8 Å². The zero-order chi connectivity index (χ0) is 31.3. The maximum absolute atomic E-state index is 13.5. The number of carbonyl (C=O) groups is 5. The van der Waals surface area contributed by atoms with Crippen molar-refractivity contribution in [2.45, 2.75) is 83.7 Å². The van der Waals surface area contributed by atoms with Gasteiger partial charge < -0.3 is 15.7 Å². The summed E-state index contributed by atoms with van der Waals surface area (Å²) in [5.74, 6) is -4.29. The first-order valence-electron chi connectivity index (χ1n) is 14.5. The standard InChI is InChI=1S/C30H43N3O8S/c1-5-21(16-26(36)31-15-9-12-20-10-7-6-8-11-20)28(39)32-23(18-27(37)38)24(34)19-33(42(4,40)41)30-14-13-22(17-25(30)35)29(30,2)3/h6-8,10-11,21-23H,5,9,12-19H2,1-4H3,(H,31,36)(H,32,39)(H,37,38). The van der Waals surface area contributed by atoms with Gasteiger partial charge in [0.2, 0.25) is 21.8 Å². The molecule has 42 heavy (non-hydrogen) atoms. The third-order valence-corrected chi connectivity index (χ3v) is 10.4. The zero-order valence-electron chi connectivity index (χ0n) is 24.9. The summed E-state index contributed by atoms with van der Waals surface area (Å²) < 4.78 is 26.9. The number of sulfonamides is 1. The molecule has 0 heterocycles. The number of carboxylic acid groups (broad SMARTS) is 1.